The normalized spacial score (nSPS) is 12.6. The Labute approximate surface area is 145 Å². The number of aliphatic hydroxyl groups is 1. The Hall–Kier alpha value is -1.84. The molecule has 0 radical (unpaired) electrons. The second kappa shape index (κ2) is 8.86. The van der Waals surface area contributed by atoms with Crippen molar-refractivity contribution in [3.8, 4) is 5.75 Å². The van der Waals surface area contributed by atoms with Gasteiger partial charge in [-0.15, -0.1) is 0 Å². The summed E-state index contributed by atoms with van der Waals surface area (Å²) in [5.74, 6) is 0.839. The van der Waals surface area contributed by atoms with Crippen molar-refractivity contribution in [1.82, 2.24) is 4.90 Å². The molecule has 0 amide bonds. The van der Waals surface area contributed by atoms with E-state index in [1.165, 1.54) is 11.1 Å². The van der Waals surface area contributed by atoms with Gasteiger partial charge in [-0.2, -0.15) is 0 Å². The first-order valence-electron chi connectivity index (χ1n) is 8.62. The van der Waals surface area contributed by atoms with E-state index < -0.39 is 6.10 Å². The van der Waals surface area contributed by atoms with Crippen LogP contribution >= 0.6 is 0 Å². The molecule has 0 aromatic heterocycles. The molecule has 130 valence electrons. The van der Waals surface area contributed by atoms with Gasteiger partial charge in [-0.05, 0) is 44.9 Å². The van der Waals surface area contributed by atoms with E-state index in [4.69, 9.17) is 4.74 Å². The van der Waals surface area contributed by atoms with Crippen molar-refractivity contribution in [2.24, 2.45) is 0 Å². The quantitative estimate of drug-likeness (QED) is 0.797. The Morgan fingerprint density at radius 3 is 2.29 bits per heavy atom. The molecule has 0 saturated carbocycles. The van der Waals surface area contributed by atoms with Crippen LogP contribution in [-0.2, 0) is 6.54 Å². The average molecular weight is 327 g/mol. The first-order chi connectivity index (χ1) is 11.5. The lowest BCUT2D eigenvalue weighted by Crippen LogP contribution is -2.39. The van der Waals surface area contributed by atoms with E-state index in [9.17, 15) is 5.11 Å². The molecule has 0 saturated heterocycles. The highest BCUT2D eigenvalue weighted by Gasteiger charge is 2.16. The van der Waals surface area contributed by atoms with Gasteiger partial charge < -0.3 is 9.84 Å². The minimum Gasteiger partial charge on any atom is -0.491 e. The lowest BCUT2D eigenvalue weighted by Gasteiger charge is -2.29. The molecule has 0 aliphatic carbocycles. The average Bonchev–Trinajstić information content (AvgIpc) is 2.55. The van der Waals surface area contributed by atoms with Crippen molar-refractivity contribution in [2.75, 3.05) is 13.2 Å². The van der Waals surface area contributed by atoms with Crippen molar-refractivity contribution in [2.45, 2.75) is 46.4 Å². The van der Waals surface area contributed by atoms with Crippen LogP contribution in [0.1, 0.15) is 30.5 Å². The van der Waals surface area contributed by atoms with Gasteiger partial charge in [-0.3, -0.25) is 4.90 Å². The lowest BCUT2D eigenvalue weighted by atomic mass is 10.1. The number of para-hydroxylation sites is 1. The van der Waals surface area contributed by atoms with E-state index in [1.54, 1.807) is 0 Å². The SMILES string of the molecule is Cc1ccc(CN(C[C@H](O)COc2ccccc2C)C(C)C)cc1. The predicted octanol–water partition coefficient (Wildman–Crippen LogP) is 3.95. The van der Waals surface area contributed by atoms with Crippen LogP contribution in [0.5, 0.6) is 5.75 Å². The Morgan fingerprint density at radius 2 is 1.67 bits per heavy atom. The maximum atomic E-state index is 10.4. The number of aryl methyl sites for hydroxylation is 2. The van der Waals surface area contributed by atoms with Crippen molar-refractivity contribution in [1.29, 1.82) is 0 Å². The molecule has 0 bridgehead atoms. The summed E-state index contributed by atoms with van der Waals surface area (Å²) in [6, 6.07) is 16.8. The monoisotopic (exact) mass is 327 g/mol. The standard InChI is InChI=1S/C21H29NO2/c1-16(2)22(13-19-11-9-17(3)10-12-19)14-20(23)15-24-21-8-6-5-7-18(21)4/h5-12,16,20,23H,13-15H2,1-4H3/t20-/m0/s1. The highest BCUT2D eigenvalue weighted by molar-refractivity contribution is 5.31. The number of aliphatic hydroxyl groups excluding tert-OH is 1. The molecule has 2 aromatic carbocycles. The molecule has 0 aliphatic heterocycles. The van der Waals surface area contributed by atoms with Crippen LogP contribution < -0.4 is 4.74 Å². The molecule has 2 rings (SSSR count). The number of ether oxygens (including phenoxy) is 1. The van der Waals surface area contributed by atoms with Gasteiger partial charge in [0.05, 0.1) is 0 Å². The number of hydrogen-bond acceptors (Lipinski definition) is 3. The molecule has 0 fully saturated rings. The molecule has 0 heterocycles. The van der Waals surface area contributed by atoms with E-state index in [0.29, 0.717) is 19.2 Å². The summed E-state index contributed by atoms with van der Waals surface area (Å²) in [6.45, 7) is 10.2. The Morgan fingerprint density at radius 1 is 1.00 bits per heavy atom. The predicted molar refractivity (Wildman–Crippen MR) is 99.4 cm³/mol. The minimum absolute atomic E-state index is 0.308. The molecule has 3 nitrogen and oxygen atoms in total. The smallest absolute Gasteiger partial charge is 0.122 e. The largest absolute Gasteiger partial charge is 0.491 e. The Kier molecular flexibility index (Phi) is 6.83. The van der Waals surface area contributed by atoms with Crippen LogP contribution in [0.4, 0.5) is 0 Å². The molecule has 0 unspecified atom stereocenters. The first-order valence-corrected chi connectivity index (χ1v) is 8.62. The van der Waals surface area contributed by atoms with E-state index in [2.05, 4.69) is 49.9 Å². The van der Waals surface area contributed by atoms with Gasteiger partial charge in [-0.25, -0.2) is 0 Å². The van der Waals surface area contributed by atoms with Crippen LogP contribution in [0.15, 0.2) is 48.5 Å². The number of nitrogens with zero attached hydrogens (tertiary/aromatic N) is 1. The topological polar surface area (TPSA) is 32.7 Å². The Balaban J connectivity index is 1.89. The lowest BCUT2D eigenvalue weighted by molar-refractivity contribution is 0.0541. The molecular formula is C21H29NO2. The molecule has 3 heteroatoms. The highest BCUT2D eigenvalue weighted by Crippen LogP contribution is 2.17. The fourth-order valence-corrected chi connectivity index (χ4v) is 2.61. The number of rotatable bonds is 8. The van der Waals surface area contributed by atoms with E-state index >= 15 is 0 Å². The third-order valence-electron chi connectivity index (χ3n) is 4.21. The van der Waals surface area contributed by atoms with Crippen molar-refractivity contribution in [3.63, 3.8) is 0 Å². The zero-order valence-corrected chi connectivity index (χ0v) is 15.2. The summed E-state index contributed by atoms with van der Waals surface area (Å²) in [5, 5.41) is 10.4. The Bertz CT molecular complexity index is 622. The first kappa shape index (κ1) is 18.5. The van der Waals surface area contributed by atoms with Crippen LogP contribution in [0.25, 0.3) is 0 Å². The van der Waals surface area contributed by atoms with Crippen LogP contribution in [0.3, 0.4) is 0 Å². The summed E-state index contributed by atoms with van der Waals surface area (Å²) in [7, 11) is 0. The highest BCUT2D eigenvalue weighted by atomic mass is 16.5. The zero-order chi connectivity index (χ0) is 17.5. The number of hydrogen-bond donors (Lipinski definition) is 1. The second-order valence-electron chi connectivity index (χ2n) is 6.74. The fraction of sp³-hybridized carbons (Fsp3) is 0.429. The molecule has 2 aromatic rings. The zero-order valence-electron chi connectivity index (χ0n) is 15.2. The number of benzene rings is 2. The molecule has 0 spiro atoms. The third kappa shape index (κ3) is 5.66. The molecule has 0 aliphatic rings. The molecule has 1 N–H and O–H groups in total. The molecule has 1 atom stereocenters. The van der Waals surface area contributed by atoms with Crippen LogP contribution in [-0.4, -0.2) is 35.3 Å². The summed E-state index contributed by atoms with van der Waals surface area (Å²) in [4.78, 5) is 2.27. The maximum Gasteiger partial charge on any atom is 0.122 e. The van der Waals surface area contributed by atoms with E-state index in [1.807, 2.05) is 31.2 Å². The van der Waals surface area contributed by atoms with Gasteiger partial charge in [0.1, 0.15) is 18.5 Å². The second-order valence-corrected chi connectivity index (χ2v) is 6.74. The van der Waals surface area contributed by atoms with Gasteiger partial charge in [0.25, 0.3) is 0 Å². The van der Waals surface area contributed by atoms with Gasteiger partial charge >= 0.3 is 0 Å². The van der Waals surface area contributed by atoms with E-state index in [0.717, 1.165) is 17.9 Å². The van der Waals surface area contributed by atoms with Gasteiger partial charge in [0, 0.05) is 19.1 Å². The summed E-state index contributed by atoms with van der Waals surface area (Å²) in [5.41, 5.74) is 3.62. The van der Waals surface area contributed by atoms with Gasteiger partial charge in [0.2, 0.25) is 0 Å². The van der Waals surface area contributed by atoms with Gasteiger partial charge in [-0.1, -0.05) is 48.0 Å². The summed E-state index contributed by atoms with van der Waals surface area (Å²) < 4.78 is 5.77. The summed E-state index contributed by atoms with van der Waals surface area (Å²) >= 11 is 0. The third-order valence-corrected chi connectivity index (χ3v) is 4.21. The van der Waals surface area contributed by atoms with Crippen LogP contribution in [0, 0.1) is 13.8 Å². The molecular weight excluding hydrogens is 298 g/mol. The van der Waals surface area contributed by atoms with Gasteiger partial charge in [0.15, 0.2) is 0 Å². The molecule has 24 heavy (non-hydrogen) atoms. The fourth-order valence-electron chi connectivity index (χ4n) is 2.61. The van der Waals surface area contributed by atoms with E-state index in [-0.39, 0.29) is 0 Å². The van der Waals surface area contributed by atoms with Crippen molar-refractivity contribution in [3.05, 3.63) is 65.2 Å². The van der Waals surface area contributed by atoms with Crippen molar-refractivity contribution >= 4 is 0 Å². The summed E-state index contributed by atoms with van der Waals surface area (Å²) in [6.07, 6.45) is -0.516. The minimum atomic E-state index is -0.516. The maximum absolute atomic E-state index is 10.4. The van der Waals surface area contributed by atoms with Crippen LogP contribution in [0.2, 0.25) is 0 Å². The van der Waals surface area contributed by atoms with Crippen molar-refractivity contribution < 1.29 is 9.84 Å².